The van der Waals surface area contributed by atoms with Crippen LogP contribution in [-0.2, 0) is 0 Å². The Hall–Kier alpha value is -1.12. The molecule has 2 rings (SSSR count). The van der Waals surface area contributed by atoms with Gasteiger partial charge >= 0.3 is 0 Å². The third kappa shape index (κ3) is 3.26. The zero-order chi connectivity index (χ0) is 14.0. The Morgan fingerprint density at radius 3 is 2.26 bits per heavy atom. The van der Waals surface area contributed by atoms with Crippen LogP contribution in [0, 0.1) is 20.8 Å². The van der Waals surface area contributed by atoms with Crippen LogP contribution >= 0.6 is 11.3 Å². The van der Waals surface area contributed by atoms with Crippen molar-refractivity contribution in [2.24, 2.45) is 0 Å². The molecule has 0 saturated carbocycles. The summed E-state index contributed by atoms with van der Waals surface area (Å²) >= 11 is 1.82. The number of nitrogens with one attached hydrogen (secondary N) is 1. The minimum absolute atomic E-state index is 0.372. The maximum Gasteiger partial charge on any atom is 0.0391 e. The molecule has 102 valence electrons. The molecule has 0 radical (unpaired) electrons. The maximum atomic E-state index is 3.70. The molecule has 0 fully saturated rings. The van der Waals surface area contributed by atoms with E-state index in [4.69, 9.17) is 0 Å². The van der Waals surface area contributed by atoms with Crippen molar-refractivity contribution in [1.82, 2.24) is 5.32 Å². The summed E-state index contributed by atoms with van der Waals surface area (Å²) in [6.07, 6.45) is 0. The molecule has 0 bridgehead atoms. The van der Waals surface area contributed by atoms with E-state index in [-0.39, 0.29) is 0 Å². The van der Waals surface area contributed by atoms with Gasteiger partial charge in [-0.15, -0.1) is 11.3 Å². The molecule has 0 aliphatic rings. The van der Waals surface area contributed by atoms with Crippen LogP contribution in [0.2, 0.25) is 0 Å². The van der Waals surface area contributed by atoms with Gasteiger partial charge in [0.25, 0.3) is 0 Å². The Bertz CT molecular complexity index is 543. The van der Waals surface area contributed by atoms with E-state index in [2.05, 4.69) is 69.6 Å². The number of thiophene rings is 1. The van der Waals surface area contributed by atoms with E-state index in [1.54, 1.807) is 0 Å². The molecule has 0 spiro atoms. The molecule has 1 aromatic heterocycles. The first-order valence-corrected chi connectivity index (χ1v) is 7.74. The Morgan fingerprint density at radius 1 is 0.947 bits per heavy atom. The molecule has 0 saturated heterocycles. The van der Waals surface area contributed by atoms with Crippen molar-refractivity contribution >= 4 is 11.3 Å². The lowest BCUT2D eigenvalue weighted by atomic mass is 9.96. The van der Waals surface area contributed by atoms with Crippen molar-refractivity contribution in [2.45, 2.75) is 46.7 Å². The lowest BCUT2D eigenvalue weighted by Crippen LogP contribution is -2.22. The minimum Gasteiger partial charge on any atom is -0.303 e. The van der Waals surface area contributed by atoms with Crippen molar-refractivity contribution in [1.29, 1.82) is 0 Å². The van der Waals surface area contributed by atoms with E-state index in [1.165, 1.54) is 27.1 Å². The molecule has 1 aromatic carbocycles. The fraction of sp³-hybridized carbons (Fsp3) is 0.412. The Balaban J connectivity index is 2.16. The van der Waals surface area contributed by atoms with Crippen molar-refractivity contribution in [3.05, 3.63) is 56.8 Å². The van der Waals surface area contributed by atoms with Crippen LogP contribution in [0.5, 0.6) is 0 Å². The molecule has 1 heterocycles. The van der Waals surface area contributed by atoms with Crippen LogP contribution < -0.4 is 5.32 Å². The van der Waals surface area contributed by atoms with Gasteiger partial charge in [0.15, 0.2) is 0 Å². The molecule has 2 atom stereocenters. The maximum absolute atomic E-state index is 3.70. The van der Waals surface area contributed by atoms with Gasteiger partial charge < -0.3 is 5.32 Å². The fourth-order valence-electron chi connectivity index (χ4n) is 2.53. The first kappa shape index (κ1) is 14.3. The quantitative estimate of drug-likeness (QED) is 0.818. The van der Waals surface area contributed by atoms with Gasteiger partial charge in [-0.3, -0.25) is 0 Å². The van der Waals surface area contributed by atoms with Crippen LogP contribution in [-0.4, -0.2) is 0 Å². The van der Waals surface area contributed by atoms with Crippen LogP contribution in [0.15, 0.2) is 29.6 Å². The minimum atomic E-state index is 0.372. The van der Waals surface area contributed by atoms with Crippen molar-refractivity contribution in [3.63, 3.8) is 0 Å². The van der Waals surface area contributed by atoms with E-state index >= 15 is 0 Å². The Labute approximate surface area is 120 Å². The molecule has 0 amide bonds. The van der Waals surface area contributed by atoms with Gasteiger partial charge in [0.2, 0.25) is 0 Å². The average Bonchev–Trinajstić information content (AvgIpc) is 2.87. The van der Waals surface area contributed by atoms with E-state index < -0.39 is 0 Å². The van der Waals surface area contributed by atoms with Gasteiger partial charge in [0.05, 0.1) is 0 Å². The fourth-order valence-corrected chi connectivity index (χ4v) is 3.28. The first-order valence-electron chi connectivity index (χ1n) is 6.86. The predicted octanol–water partition coefficient (Wildman–Crippen LogP) is 5.09. The summed E-state index contributed by atoms with van der Waals surface area (Å²) in [6.45, 7) is 11.1. The summed E-state index contributed by atoms with van der Waals surface area (Å²) in [7, 11) is 0. The largest absolute Gasteiger partial charge is 0.303 e. The third-order valence-corrected chi connectivity index (χ3v) is 4.87. The molecular weight excluding hydrogens is 250 g/mol. The van der Waals surface area contributed by atoms with E-state index in [0.717, 1.165) is 0 Å². The standard InChI is InChI=1S/C17H23NS/c1-11-9-13(3)16(10-12(11)2)14(4)18-15(5)17-7-6-8-19-17/h6-10,14-15,18H,1-5H3/t14?,15-/m1/s1. The lowest BCUT2D eigenvalue weighted by molar-refractivity contribution is 0.498. The van der Waals surface area contributed by atoms with Crippen LogP contribution in [0.4, 0.5) is 0 Å². The summed E-state index contributed by atoms with van der Waals surface area (Å²) in [4.78, 5) is 1.40. The number of benzene rings is 1. The van der Waals surface area contributed by atoms with Crippen LogP contribution in [0.25, 0.3) is 0 Å². The second-order valence-electron chi connectivity index (χ2n) is 5.42. The zero-order valence-corrected chi connectivity index (χ0v) is 13.3. The Morgan fingerprint density at radius 2 is 1.63 bits per heavy atom. The van der Waals surface area contributed by atoms with Crippen LogP contribution in [0.1, 0.15) is 53.1 Å². The van der Waals surface area contributed by atoms with Crippen molar-refractivity contribution in [2.75, 3.05) is 0 Å². The predicted molar refractivity (Wildman–Crippen MR) is 84.9 cm³/mol. The lowest BCUT2D eigenvalue weighted by Gasteiger charge is -2.22. The van der Waals surface area contributed by atoms with Gasteiger partial charge in [-0.2, -0.15) is 0 Å². The number of hydrogen-bond acceptors (Lipinski definition) is 2. The summed E-state index contributed by atoms with van der Waals surface area (Å²) < 4.78 is 0. The van der Waals surface area contributed by atoms with Crippen molar-refractivity contribution < 1.29 is 0 Å². The molecule has 1 unspecified atom stereocenters. The van der Waals surface area contributed by atoms with E-state index in [9.17, 15) is 0 Å². The first-order chi connectivity index (χ1) is 8.99. The average molecular weight is 273 g/mol. The highest BCUT2D eigenvalue weighted by Gasteiger charge is 2.14. The molecule has 0 aliphatic carbocycles. The smallest absolute Gasteiger partial charge is 0.0391 e. The topological polar surface area (TPSA) is 12.0 Å². The van der Waals surface area contributed by atoms with Gasteiger partial charge in [-0.05, 0) is 68.3 Å². The number of hydrogen-bond donors (Lipinski definition) is 1. The highest BCUT2D eigenvalue weighted by molar-refractivity contribution is 7.10. The zero-order valence-electron chi connectivity index (χ0n) is 12.4. The molecule has 1 N–H and O–H groups in total. The number of rotatable bonds is 4. The van der Waals surface area contributed by atoms with E-state index in [1.807, 2.05) is 11.3 Å². The summed E-state index contributed by atoms with van der Waals surface area (Å²) in [5.41, 5.74) is 5.53. The highest BCUT2D eigenvalue weighted by atomic mass is 32.1. The number of aryl methyl sites for hydroxylation is 3. The molecular formula is C17H23NS. The monoisotopic (exact) mass is 273 g/mol. The summed E-state index contributed by atoms with van der Waals surface area (Å²) in [5.74, 6) is 0. The van der Waals surface area contributed by atoms with Gasteiger partial charge in [-0.1, -0.05) is 18.2 Å². The SMILES string of the molecule is Cc1cc(C)c(C(C)N[C@H](C)c2cccs2)cc1C. The summed E-state index contributed by atoms with van der Waals surface area (Å²) in [5, 5.41) is 5.83. The molecule has 2 heteroatoms. The van der Waals surface area contributed by atoms with Gasteiger partial charge in [-0.25, -0.2) is 0 Å². The molecule has 19 heavy (non-hydrogen) atoms. The Kier molecular flexibility index (Phi) is 4.43. The molecule has 2 aromatic rings. The van der Waals surface area contributed by atoms with E-state index in [0.29, 0.717) is 12.1 Å². The van der Waals surface area contributed by atoms with Crippen molar-refractivity contribution in [3.8, 4) is 0 Å². The highest BCUT2D eigenvalue weighted by Crippen LogP contribution is 2.26. The van der Waals surface area contributed by atoms with Crippen LogP contribution in [0.3, 0.4) is 0 Å². The molecule has 0 aliphatic heterocycles. The second kappa shape index (κ2) is 5.89. The third-order valence-electron chi connectivity index (χ3n) is 3.82. The summed E-state index contributed by atoms with van der Waals surface area (Å²) in [6, 6.07) is 9.70. The van der Waals surface area contributed by atoms with Gasteiger partial charge in [0.1, 0.15) is 0 Å². The molecule has 1 nitrogen and oxygen atoms in total. The van der Waals surface area contributed by atoms with Gasteiger partial charge in [0, 0.05) is 17.0 Å². The normalized spacial score (nSPS) is 14.4. The second-order valence-corrected chi connectivity index (χ2v) is 6.40.